The third kappa shape index (κ3) is 3.55. The number of nitrogens with one attached hydrogen (secondary N) is 1. The lowest BCUT2D eigenvalue weighted by molar-refractivity contribution is 0.129. The quantitative estimate of drug-likeness (QED) is 0.858. The van der Waals surface area contributed by atoms with Gasteiger partial charge in [0.1, 0.15) is 0 Å². The third-order valence-corrected chi connectivity index (χ3v) is 3.74. The Bertz CT molecular complexity index is 323. The maximum Gasteiger partial charge on any atom is 0.0236 e. The smallest absolute Gasteiger partial charge is 0.0236 e. The van der Waals surface area contributed by atoms with E-state index in [0.29, 0.717) is 6.04 Å². The summed E-state index contributed by atoms with van der Waals surface area (Å²) >= 11 is 0. The monoisotopic (exact) mass is 232 g/mol. The number of hydrogen-bond acceptors (Lipinski definition) is 2. The Balaban J connectivity index is 1.87. The molecule has 17 heavy (non-hydrogen) atoms. The molecular weight excluding hydrogens is 208 g/mol. The molecule has 1 aromatic rings. The van der Waals surface area contributed by atoms with Crippen molar-refractivity contribution in [2.75, 3.05) is 13.1 Å². The number of benzene rings is 1. The van der Waals surface area contributed by atoms with E-state index in [9.17, 15) is 0 Å². The van der Waals surface area contributed by atoms with E-state index < -0.39 is 0 Å². The largest absolute Gasteiger partial charge is 0.314 e. The first-order chi connectivity index (χ1) is 8.29. The van der Waals surface area contributed by atoms with Gasteiger partial charge in [0, 0.05) is 25.2 Å². The number of nitrogens with zero attached hydrogens (tertiary/aromatic N) is 1. The molecule has 2 nitrogen and oxygen atoms in total. The minimum Gasteiger partial charge on any atom is -0.314 e. The van der Waals surface area contributed by atoms with Crippen molar-refractivity contribution in [3.63, 3.8) is 0 Å². The molecule has 0 radical (unpaired) electrons. The van der Waals surface area contributed by atoms with Crippen LogP contribution >= 0.6 is 0 Å². The number of hydrogen-bond donors (Lipinski definition) is 1. The van der Waals surface area contributed by atoms with Crippen LogP contribution in [0, 0.1) is 0 Å². The Morgan fingerprint density at radius 2 is 2.06 bits per heavy atom. The van der Waals surface area contributed by atoms with Gasteiger partial charge in [0.2, 0.25) is 0 Å². The lowest BCUT2D eigenvalue weighted by Crippen LogP contribution is -2.46. The predicted molar refractivity (Wildman–Crippen MR) is 73.0 cm³/mol. The fourth-order valence-electron chi connectivity index (χ4n) is 2.75. The Kier molecular flexibility index (Phi) is 4.57. The van der Waals surface area contributed by atoms with Crippen LogP contribution in [0.4, 0.5) is 0 Å². The van der Waals surface area contributed by atoms with Crippen molar-refractivity contribution in [2.45, 2.75) is 45.3 Å². The highest BCUT2D eigenvalue weighted by molar-refractivity contribution is 5.14. The van der Waals surface area contributed by atoms with Gasteiger partial charge in [-0.2, -0.15) is 0 Å². The molecule has 0 aromatic heterocycles. The standard InChI is InChI=1S/C15H24N2/c1-3-16-15-9-10-17(13(2)11-15)12-14-7-5-4-6-8-14/h4-8,13,15-16H,3,9-12H2,1-2H3. The zero-order chi connectivity index (χ0) is 12.1. The van der Waals surface area contributed by atoms with Crippen molar-refractivity contribution in [3.8, 4) is 0 Å². The molecule has 94 valence electrons. The maximum atomic E-state index is 3.57. The van der Waals surface area contributed by atoms with Crippen LogP contribution in [0.25, 0.3) is 0 Å². The molecule has 0 amide bonds. The molecule has 2 unspecified atom stereocenters. The van der Waals surface area contributed by atoms with Gasteiger partial charge in [0.25, 0.3) is 0 Å². The van der Waals surface area contributed by atoms with Crippen LogP contribution in [0.5, 0.6) is 0 Å². The van der Waals surface area contributed by atoms with E-state index in [0.717, 1.165) is 19.1 Å². The van der Waals surface area contributed by atoms with E-state index in [1.54, 1.807) is 0 Å². The second kappa shape index (κ2) is 6.18. The van der Waals surface area contributed by atoms with Crippen molar-refractivity contribution >= 4 is 0 Å². The molecule has 1 aliphatic heterocycles. The van der Waals surface area contributed by atoms with Crippen LogP contribution in [0.1, 0.15) is 32.3 Å². The van der Waals surface area contributed by atoms with Gasteiger partial charge in [-0.3, -0.25) is 4.90 Å². The summed E-state index contributed by atoms with van der Waals surface area (Å²) < 4.78 is 0. The molecule has 1 fully saturated rings. The first-order valence-corrected chi connectivity index (χ1v) is 6.81. The molecular formula is C15H24N2. The maximum absolute atomic E-state index is 3.57. The highest BCUT2D eigenvalue weighted by Crippen LogP contribution is 2.19. The minimum atomic E-state index is 0.688. The van der Waals surface area contributed by atoms with Gasteiger partial charge in [0.05, 0.1) is 0 Å². The molecule has 0 saturated carbocycles. The molecule has 0 spiro atoms. The molecule has 2 atom stereocenters. The summed E-state index contributed by atoms with van der Waals surface area (Å²) in [6, 6.07) is 12.2. The first kappa shape index (κ1) is 12.6. The Hall–Kier alpha value is -0.860. The highest BCUT2D eigenvalue weighted by atomic mass is 15.2. The molecule has 2 heteroatoms. The van der Waals surface area contributed by atoms with E-state index >= 15 is 0 Å². The number of piperidine rings is 1. The number of rotatable bonds is 4. The molecule has 1 N–H and O–H groups in total. The van der Waals surface area contributed by atoms with Gasteiger partial charge < -0.3 is 5.32 Å². The van der Waals surface area contributed by atoms with Crippen LogP contribution in [0.3, 0.4) is 0 Å². The SMILES string of the molecule is CCNC1CCN(Cc2ccccc2)C(C)C1. The van der Waals surface area contributed by atoms with E-state index in [-0.39, 0.29) is 0 Å². The molecule has 0 aliphatic carbocycles. The van der Waals surface area contributed by atoms with Crippen LogP contribution in [-0.4, -0.2) is 30.1 Å². The van der Waals surface area contributed by atoms with Crippen LogP contribution in [-0.2, 0) is 6.54 Å². The van der Waals surface area contributed by atoms with E-state index in [4.69, 9.17) is 0 Å². The summed E-state index contributed by atoms with van der Waals surface area (Å²) in [5, 5.41) is 3.57. The van der Waals surface area contributed by atoms with Crippen LogP contribution < -0.4 is 5.32 Å². The van der Waals surface area contributed by atoms with Gasteiger partial charge in [-0.15, -0.1) is 0 Å². The Morgan fingerprint density at radius 3 is 2.71 bits per heavy atom. The summed E-state index contributed by atoms with van der Waals surface area (Å²) in [7, 11) is 0. The van der Waals surface area contributed by atoms with Crippen molar-refractivity contribution in [2.24, 2.45) is 0 Å². The fraction of sp³-hybridized carbons (Fsp3) is 0.600. The topological polar surface area (TPSA) is 15.3 Å². The fourth-order valence-corrected chi connectivity index (χ4v) is 2.75. The lowest BCUT2D eigenvalue weighted by Gasteiger charge is -2.38. The van der Waals surface area contributed by atoms with E-state index in [1.165, 1.54) is 24.9 Å². The molecule has 1 heterocycles. The highest BCUT2D eigenvalue weighted by Gasteiger charge is 2.24. The molecule has 1 aromatic carbocycles. The Morgan fingerprint density at radius 1 is 1.29 bits per heavy atom. The van der Waals surface area contributed by atoms with Crippen molar-refractivity contribution in [1.29, 1.82) is 0 Å². The number of likely N-dealkylation sites (tertiary alicyclic amines) is 1. The van der Waals surface area contributed by atoms with Gasteiger partial charge in [-0.25, -0.2) is 0 Å². The molecule has 2 rings (SSSR count). The molecule has 1 saturated heterocycles. The van der Waals surface area contributed by atoms with Crippen molar-refractivity contribution in [3.05, 3.63) is 35.9 Å². The zero-order valence-corrected chi connectivity index (χ0v) is 11.0. The van der Waals surface area contributed by atoms with Gasteiger partial charge in [-0.1, -0.05) is 37.3 Å². The summed E-state index contributed by atoms with van der Waals surface area (Å²) in [5.41, 5.74) is 1.43. The van der Waals surface area contributed by atoms with E-state index in [1.807, 2.05) is 0 Å². The predicted octanol–water partition coefficient (Wildman–Crippen LogP) is 2.65. The normalized spacial score (nSPS) is 26.0. The average molecular weight is 232 g/mol. The van der Waals surface area contributed by atoms with Gasteiger partial charge in [0.15, 0.2) is 0 Å². The molecule has 1 aliphatic rings. The summed E-state index contributed by atoms with van der Waals surface area (Å²) in [6.45, 7) is 7.96. The van der Waals surface area contributed by atoms with Crippen molar-refractivity contribution < 1.29 is 0 Å². The second-order valence-corrected chi connectivity index (χ2v) is 5.08. The average Bonchev–Trinajstić information content (AvgIpc) is 2.34. The lowest BCUT2D eigenvalue weighted by atomic mass is 9.97. The zero-order valence-electron chi connectivity index (χ0n) is 11.0. The van der Waals surface area contributed by atoms with E-state index in [2.05, 4.69) is 54.4 Å². The summed E-state index contributed by atoms with van der Waals surface area (Å²) in [5.74, 6) is 0. The minimum absolute atomic E-state index is 0.688. The first-order valence-electron chi connectivity index (χ1n) is 6.81. The summed E-state index contributed by atoms with van der Waals surface area (Å²) in [6.07, 6.45) is 2.56. The second-order valence-electron chi connectivity index (χ2n) is 5.08. The third-order valence-electron chi connectivity index (χ3n) is 3.74. The summed E-state index contributed by atoms with van der Waals surface area (Å²) in [4.78, 5) is 2.60. The van der Waals surface area contributed by atoms with Crippen LogP contribution in [0.15, 0.2) is 30.3 Å². The van der Waals surface area contributed by atoms with Crippen LogP contribution in [0.2, 0.25) is 0 Å². The van der Waals surface area contributed by atoms with Gasteiger partial charge in [-0.05, 0) is 31.9 Å². The van der Waals surface area contributed by atoms with Crippen molar-refractivity contribution in [1.82, 2.24) is 10.2 Å². The Labute approximate surface area is 105 Å². The molecule has 0 bridgehead atoms. The van der Waals surface area contributed by atoms with Gasteiger partial charge >= 0.3 is 0 Å².